The number of hydrogen-bond donors (Lipinski definition) is 2. The first-order valence-corrected chi connectivity index (χ1v) is 2.81. The van der Waals surface area contributed by atoms with E-state index in [2.05, 4.69) is 21.7 Å². The predicted molar refractivity (Wildman–Crippen MR) is 35.2 cm³/mol. The van der Waals surface area contributed by atoms with Crippen molar-refractivity contribution in [2.45, 2.75) is 0 Å². The Hall–Kier alpha value is -1.25. The quantitative estimate of drug-likeness (QED) is 0.528. The second-order valence-corrected chi connectivity index (χ2v) is 1.84. The third-order valence-electron chi connectivity index (χ3n) is 1.26. The molecular weight excluding hydrogens is 114 g/mol. The summed E-state index contributed by atoms with van der Waals surface area (Å²) < 4.78 is 0. The van der Waals surface area contributed by atoms with Crippen molar-refractivity contribution in [2.75, 3.05) is 17.3 Å². The summed E-state index contributed by atoms with van der Waals surface area (Å²) in [6, 6.07) is 4.80. The molecule has 0 fully saturated rings. The highest BCUT2D eigenvalue weighted by Gasteiger charge is 2.06. The molecule has 2 heterocycles. The molecule has 0 bridgehead atoms. The van der Waals surface area contributed by atoms with E-state index in [1.54, 1.807) is 12.3 Å². The lowest BCUT2D eigenvalue weighted by molar-refractivity contribution is 1.27. The molecule has 0 aromatic carbocycles. The SMILES string of the molecule is [c]1ccnc2c1NCN2. The lowest BCUT2D eigenvalue weighted by atomic mass is 10.4. The molecule has 3 nitrogen and oxygen atoms in total. The monoisotopic (exact) mass is 120 g/mol. The van der Waals surface area contributed by atoms with Crippen molar-refractivity contribution < 1.29 is 0 Å². The molecule has 2 N–H and O–H groups in total. The van der Waals surface area contributed by atoms with Gasteiger partial charge in [-0.15, -0.1) is 0 Å². The minimum Gasteiger partial charge on any atom is -0.364 e. The highest BCUT2D eigenvalue weighted by Crippen LogP contribution is 2.20. The fourth-order valence-corrected chi connectivity index (χ4v) is 0.850. The third kappa shape index (κ3) is 0.614. The zero-order valence-corrected chi connectivity index (χ0v) is 4.81. The van der Waals surface area contributed by atoms with Crippen LogP contribution < -0.4 is 10.6 Å². The van der Waals surface area contributed by atoms with Gasteiger partial charge in [0.2, 0.25) is 0 Å². The van der Waals surface area contributed by atoms with E-state index in [1.165, 1.54) is 0 Å². The van der Waals surface area contributed by atoms with Crippen molar-refractivity contribution in [3.8, 4) is 0 Å². The first-order valence-electron chi connectivity index (χ1n) is 2.81. The van der Waals surface area contributed by atoms with Crippen molar-refractivity contribution >= 4 is 11.5 Å². The van der Waals surface area contributed by atoms with Crippen molar-refractivity contribution in [2.24, 2.45) is 0 Å². The molecular formula is C6H6N3. The van der Waals surface area contributed by atoms with E-state index in [1.807, 2.05) is 0 Å². The summed E-state index contributed by atoms with van der Waals surface area (Å²) in [6.07, 6.45) is 1.72. The molecule has 1 aromatic rings. The Kier molecular flexibility index (Phi) is 0.828. The van der Waals surface area contributed by atoms with Gasteiger partial charge in [0.1, 0.15) is 0 Å². The molecule has 45 valence electrons. The normalized spacial score (nSPS) is 13.8. The number of rotatable bonds is 0. The van der Waals surface area contributed by atoms with Crippen LogP contribution >= 0.6 is 0 Å². The second kappa shape index (κ2) is 1.62. The van der Waals surface area contributed by atoms with Crippen LogP contribution in [0.5, 0.6) is 0 Å². The summed E-state index contributed by atoms with van der Waals surface area (Å²) >= 11 is 0. The number of anilines is 2. The molecule has 1 aliphatic rings. The maximum atomic E-state index is 4.05. The van der Waals surface area contributed by atoms with Gasteiger partial charge >= 0.3 is 0 Å². The molecule has 0 saturated carbocycles. The summed E-state index contributed by atoms with van der Waals surface area (Å²) in [5.41, 5.74) is 0.970. The number of fused-ring (bicyclic) bond motifs is 1. The summed E-state index contributed by atoms with van der Waals surface area (Å²) in [5, 5.41) is 6.12. The first-order chi connectivity index (χ1) is 4.47. The van der Waals surface area contributed by atoms with Gasteiger partial charge in [-0.25, -0.2) is 4.98 Å². The van der Waals surface area contributed by atoms with Gasteiger partial charge in [0.25, 0.3) is 0 Å². The molecule has 9 heavy (non-hydrogen) atoms. The number of nitrogens with zero attached hydrogens (tertiary/aromatic N) is 1. The predicted octanol–water partition coefficient (Wildman–Crippen LogP) is 0.677. The van der Waals surface area contributed by atoms with Crippen molar-refractivity contribution in [3.05, 3.63) is 18.3 Å². The van der Waals surface area contributed by atoms with Crippen LogP contribution in [0, 0.1) is 6.07 Å². The van der Waals surface area contributed by atoms with Gasteiger partial charge in [0.05, 0.1) is 12.4 Å². The van der Waals surface area contributed by atoms with Crippen LogP contribution in [0.1, 0.15) is 0 Å². The topological polar surface area (TPSA) is 37.0 Å². The van der Waals surface area contributed by atoms with Gasteiger partial charge in [0, 0.05) is 12.3 Å². The summed E-state index contributed by atoms with van der Waals surface area (Å²) in [6.45, 7) is 0.767. The maximum absolute atomic E-state index is 4.05. The Labute approximate surface area is 53.1 Å². The molecule has 1 aliphatic heterocycles. The summed E-state index contributed by atoms with van der Waals surface area (Å²) in [5.74, 6) is 0.900. The second-order valence-electron chi connectivity index (χ2n) is 1.84. The lowest BCUT2D eigenvalue weighted by Crippen LogP contribution is -1.99. The van der Waals surface area contributed by atoms with Crippen LogP contribution in [-0.4, -0.2) is 11.7 Å². The van der Waals surface area contributed by atoms with Crippen LogP contribution in [-0.2, 0) is 0 Å². The number of aromatic nitrogens is 1. The number of pyridine rings is 1. The van der Waals surface area contributed by atoms with E-state index in [0.717, 1.165) is 18.2 Å². The Morgan fingerprint density at radius 2 is 2.56 bits per heavy atom. The van der Waals surface area contributed by atoms with Crippen molar-refractivity contribution in [3.63, 3.8) is 0 Å². The molecule has 3 heteroatoms. The van der Waals surface area contributed by atoms with Crippen LogP contribution in [0.2, 0.25) is 0 Å². The number of nitrogens with one attached hydrogen (secondary N) is 2. The van der Waals surface area contributed by atoms with Gasteiger partial charge in [-0.1, -0.05) is 0 Å². The Morgan fingerprint density at radius 1 is 1.56 bits per heavy atom. The summed E-state index contributed by atoms with van der Waals surface area (Å²) in [7, 11) is 0. The van der Waals surface area contributed by atoms with Gasteiger partial charge in [-0.3, -0.25) is 0 Å². The molecule has 0 amide bonds. The van der Waals surface area contributed by atoms with Crippen LogP contribution in [0.3, 0.4) is 0 Å². The van der Waals surface area contributed by atoms with E-state index in [4.69, 9.17) is 0 Å². The molecule has 0 atom stereocenters. The minimum atomic E-state index is 0.767. The van der Waals surface area contributed by atoms with E-state index >= 15 is 0 Å². The third-order valence-corrected chi connectivity index (χ3v) is 1.26. The average molecular weight is 120 g/mol. The maximum Gasteiger partial charge on any atom is 0.151 e. The average Bonchev–Trinajstić information content (AvgIpc) is 2.33. The summed E-state index contributed by atoms with van der Waals surface area (Å²) in [4.78, 5) is 4.05. The van der Waals surface area contributed by atoms with E-state index in [0.29, 0.717) is 0 Å². The molecule has 0 spiro atoms. The van der Waals surface area contributed by atoms with Gasteiger partial charge in [-0.2, -0.15) is 0 Å². The minimum absolute atomic E-state index is 0.767. The molecule has 0 unspecified atom stereocenters. The molecule has 0 saturated heterocycles. The molecule has 2 rings (SSSR count). The first kappa shape index (κ1) is 4.61. The lowest BCUT2D eigenvalue weighted by Gasteiger charge is -1.91. The fourth-order valence-electron chi connectivity index (χ4n) is 0.850. The van der Waals surface area contributed by atoms with Crippen LogP contribution in [0.15, 0.2) is 12.3 Å². The standard InChI is InChI=1S/C6H6N3/c1-2-5-6(7-3-1)9-4-8-5/h1,3,8H,4H2,(H,7,9). The van der Waals surface area contributed by atoms with Gasteiger partial charge in [-0.05, 0) is 6.07 Å². The largest absolute Gasteiger partial charge is 0.364 e. The van der Waals surface area contributed by atoms with Gasteiger partial charge in [0.15, 0.2) is 5.82 Å². The zero-order valence-electron chi connectivity index (χ0n) is 4.81. The highest BCUT2D eigenvalue weighted by molar-refractivity contribution is 5.67. The number of hydrogen-bond acceptors (Lipinski definition) is 3. The Balaban J connectivity index is 2.54. The molecule has 0 aliphatic carbocycles. The Morgan fingerprint density at radius 3 is 3.44 bits per heavy atom. The van der Waals surface area contributed by atoms with Crippen LogP contribution in [0.4, 0.5) is 11.5 Å². The van der Waals surface area contributed by atoms with E-state index < -0.39 is 0 Å². The van der Waals surface area contributed by atoms with Crippen molar-refractivity contribution in [1.82, 2.24) is 4.98 Å². The fraction of sp³-hybridized carbons (Fsp3) is 0.167. The molecule has 1 aromatic heterocycles. The molecule has 1 radical (unpaired) electrons. The highest BCUT2D eigenvalue weighted by atomic mass is 15.2. The smallest absolute Gasteiger partial charge is 0.151 e. The van der Waals surface area contributed by atoms with Gasteiger partial charge < -0.3 is 10.6 Å². The van der Waals surface area contributed by atoms with E-state index in [-0.39, 0.29) is 0 Å². The zero-order chi connectivity index (χ0) is 6.10. The van der Waals surface area contributed by atoms with Crippen LogP contribution in [0.25, 0.3) is 0 Å². The van der Waals surface area contributed by atoms with Crippen molar-refractivity contribution in [1.29, 1.82) is 0 Å². The Bertz CT molecular complexity index is 198. The van der Waals surface area contributed by atoms with E-state index in [9.17, 15) is 0 Å².